The van der Waals surface area contributed by atoms with E-state index in [9.17, 15) is 0 Å². The highest BCUT2D eigenvalue weighted by Gasteiger charge is 2.05. The van der Waals surface area contributed by atoms with Crippen LogP contribution in [0.15, 0.2) is 24.3 Å². The topological polar surface area (TPSA) is 24.1 Å². The summed E-state index contributed by atoms with van der Waals surface area (Å²) < 4.78 is 0. The van der Waals surface area contributed by atoms with Gasteiger partial charge in [0.25, 0.3) is 0 Å². The molecule has 0 aliphatic carbocycles. The molecule has 0 aromatic heterocycles. The zero-order valence-corrected chi connectivity index (χ0v) is 10.1. The highest BCUT2D eigenvalue weighted by atomic mass is 14.9. The van der Waals surface area contributed by atoms with Crippen molar-refractivity contribution in [2.24, 2.45) is 5.92 Å². The van der Waals surface area contributed by atoms with E-state index < -0.39 is 0 Å². The van der Waals surface area contributed by atoms with Gasteiger partial charge in [0.2, 0.25) is 0 Å². The van der Waals surface area contributed by atoms with Crippen LogP contribution in [-0.4, -0.2) is 19.6 Å². The maximum absolute atomic E-state index is 3.32. The van der Waals surface area contributed by atoms with Gasteiger partial charge in [-0.25, -0.2) is 0 Å². The highest BCUT2D eigenvalue weighted by molar-refractivity contribution is 5.48. The van der Waals surface area contributed by atoms with Gasteiger partial charge in [0.05, 0.1) is 0 Å². The Labute approximate surface area is 98.4 Å². The standard InChI is InChI=1S/C8H9N.C6H13N/c1-2-7-4-5-9-8(3-1)6-7;1-6-2-4-7-5-3-6/h1-3,6,9H,4-5H2;6-7H,2-5H2,1H3. The van der Waals surface area contributed by atoms with Crippen molar-refractivity contribution in [2.45, 2.75) is 26.2 Å². The van der Waals surface area contributed by atoms with Gasteiger partial charge in [0.15, 0.2) is 0 Å². The molecule has 0 atom stereocenters. The molecule has 2 aliphatic heterocycles. The number of anilines is 1. The Morgan fingerprint density at radius 1 is 1.12 bits per heavy atom. The molecule has 0 saturated carbocycles. The minimum atomic E-state index is 0.973. The largest absolute Gasteiger partial charge is 0.385 e. The van der Waals surface area contributed by atoms with E-state index in [2.05, 4.69) is 41.8 Å². The van der Waals surface area contributed by atoms with Crippen molar-refractivity contribution in [3.05, 3.63) is 29.8 Å². The fraction of sp³-hybridized carbons (Fsp3) is 0.571. The van der Waals surface area contributed by atoms with E-state index in [0.29, 0.717) is 0 Å². The second kappa shape index (κ2) is 5.90. The summed E-state index contributed by atoms with van der Waals surface area (Å²) in [7, 11) is 0. The van der Waals surface area contributed by atoms with E-state index in [1.165, 1.54) is 43.6 Å². The van der Waals surface area contributed by atoms with Crippen molar-refractivity contribution in [3.8, 4) is 0 Å². The molecule has 2 heteroatoms. The van der Waals surface area contributed by atoms with Crippen LogP contribution in [0.5, 0.6) is 0 Å². The Morgan fingerprint density at radius 3 is 2.50 bits per heavy atom. The summed E-state index contributed by atoms with van der Waals surface area (Å²) >= 11 is 0. The van der Waals surface area contributed by atoms with Gasteiger partial charge in [-0.05, 0) is 56.0 Å². The Balaban J connectivity index is 0.000000125. The fourth-order valence-corrected chi connectivity index (χ4v) is 2.15. The van der Waals surface area contributed by atoms with Crippen molar-refractivity contribution in [2.75, 3.05) is 25.0 Å². The number of rotatable bonds is 0. The molecule has 0 unspecified atom stereocenters. The minimum absolute atomic E-state index is 0.973. The van der Waals surface area contributed by atoms with Gasteiger partial charge in [-0.2, -0.15) is 0 Å². The van der Waals surface area contributed by atoms with Crippen LogP contribution in [-0.2, 0) is 6.42 Å². The first-order valence-corrected chi connectivity index (χ1v) is 6.38. The van der Waals surface area contributed by atoms with Crippen LogP contribution in [0.2, 0.25) is 0 Å². The summed E-state index contributed by atoms with van der Waals surface area (Å²) in [4.78, 5) is 0. The predicted octanol–water partition coefficient (Wildman–Crippen LogP) is 2.66. The van der Waals surface area contributed by atoms with Gasteiger partial charge in [-0.1, -0.05) is 19.1 Å². The van der Waals surface area contributed by atoms with E-state index in [1.807, 2.05) is 0 Å². The minimum Gasteiger partial charge on any atom is -0.385 e. The molecular weight excluding hydrogens is 196 g/mol. The summed E-state index contributed by atoms with van der Waals surface area (Å²) in [6, 6.07) is 8.56. The Kier molecular flexibility index (Phi) is 4.23. The number of benzene rings is 1. The highest BCUT2D eigenvalue weighted by Crippen LogP contribution is 2.14. The second-order valence-corrected chi connectivity index (χ2v) is 4.81. The third-order valence-electron chi connectivity index (χ3n) is 3.30. The summed E-state index contributed by atoms with van der Waals surface area (Å²) in [5.41, 5.74) is 2.71. The first-order valence-electron chi connectivity index (χ1n) is 6.38. The summed E-state index contributed by atoms with van der Waals surface area (Å²) in [6.07, 6.45) is 3.92. The van der Waals surface area contributed by atoms with Crippen molar-refractivity contribution in [3.63, 3.8) is 0 Å². The molecule has 0 spiro atoms. The normalized spacial score (nSPS) is 19.3. The molecule has 2 aliphatic rings. The molecule has 0 amide bonds. The maximum Gasteiger partial charge on any atom is 0.0343 e. The van der Waals surface area contributed by atoms with E-state index in [0.717, 1.165) is 12.5 Å². The van der Waals surface area contributed by atoms with Crippen molar-refractivity contribution < 1.29 is 0 Å². The molecule has 1 saturated heterocycles. The lowest BCUT2D eigenvalue weighted by Crippen LogP contribution is -2.26. The van der Waals surface area contributed by atoms with Crippen molar-refractivity contribution in [1.29, 1.82) is 0 Å². The molecule has 88 valence electrons. The van der Waals surface area contributed by atoms with Gasteiger partial charge >= 0.3 is 0 Å². The quantitative estimate of drug-likeness (QED) is 0.699. The zero-order valence-electron chi connectivity index (χ0n) is 10.1. The summed E-state index contributed by atoms with van der Waals surface area (Å²) in [6.45, 7) is 5.89. The van der Waals surface area contributed by atoms with Crippen LogP contribution in [0.3, 0.4) is 0 Å². The Bertz CT molecular complexity index is 297. The number of fused-ring (bicyclic) bond motifs is 2. The second-order valence-electron chi connectivity index (χ2n) is 4.81. The molecule has 2 bridgehead atoms. The van der Waals surface area contributed by atoms with Crippen LogP contribution in [0.25, 0.3) is 0 Å². The SMILES string of the molecule is CC1CCNCC1.c1cc2cc(c1)NCC2. The number of nitrogens with one attached hydrogen (secondary N) is 2. The van der Waals surface area contributed by atoms with Crippen LogP contribution < -0.4 is 10.6 Å². The van der Waals surface area contributed by atoms with Gasteiger partial charge in [0.1, 0.15) is 0 Å². The molecule has 2 nitrogen and oxygen atoms in total. The smallest absolute Gasteiger partial charge is 0.0343 e. The Hall–Kier alpha value is -1.02. The van der Waals surface area contributed by atoms with Crippen LogP contribution in [0.4, 0.5) is 5.69 Å². The first-order chi connectivity index (χ1) is 7.84. The molecule has 2 N–H and O–H groups in total. The van der Waals surface area contributed by atoms with Crippen molar-refractivity contribution >= 4 is 5.69 Å². The van der Waals surface area contributed by atoms with Crippen LogP contribution >= 0.6 is 0 Å². The molecule has 16 heavy (non-hydrogen) atoms. The molecule has 1 aromatic rings. The average molecular weight is 218 g/mol. The number of hydrogen-bond donors (Lipinski definition) is 2. The lowest BCUT2D eigenvalue weighted by molar-refractivity contribution is 0.402. The molecule has 3 rings (SSSR count). The number of piperidine rings is 1. The van der Waals surface area contributed by atoms with E-state index in [1.54, 1.807) is 0 Å². The molecule has 0 radical (unpaired) electrons. The summed E-state index contributed by atoms with van der Waals surface area (Å²) in [5, 5.41) is 6.60. The number of hydrogen-bond acceptors (Lipinski definition) is 2. The third-order valence-corrected chi connectivity index (χ3v) is 3.30. The molecule has 1 fully saturated rings. The van der Waals surface area contributed by atoms with E-state index >= 15 is 0 Å². The third kappa shape index (κ3) is 3.53. The summed E-state index contributed by atoms with van der Waals surface area (Å²) in [5.74, 6) is 0.973. The molecule has 2 heterocycles. The Morgan fingerprint density at radius 2 is 1.94 bits per heavy atom. The van der Waals surface area contributed by atoms with Crippen LogP contribution in [0, 0.1) is 5.92 Å². The monoisotopic (exact) mass is 218 g/mol. The first kappa shape index (κ1) is 11.5. The molecular formula is C14H22N2. The van der Waals surface area contributed by atoms with Gasteiger partial charge in [0, 0.05) is 12.2 Å². The van der Waals surface area contributed by atoms with Gasteiger partial charge < -0.3 is 10.6 Å². The maximum atomic E-state index is 3.32. The van der Waals surface area contributed by atoms with Gasteiger partial charge in [-0.3, -0.25) is 0 Å². The van der Waals surface area contributed by atoms with E-state index in [4.69, 9.17) is 0 Å². The zero-order chi connectivity index (χ0) is 11.2. The van der Waals surface area contributed by atoms with Crippen molar-refractivity contribution in [1.82, 2.24) is 5.32 Å². The lowest BCUT2D eigenvalue weighted by Gasteiger charge is -2.17. The van der Waals surface area contributed by atoms with E-state index in [-0.39, 0.29) is 0 Å². The predicted molar refractivity (Wildman–Crippen MR) is 69.9 cm³/mol. The fourth-order valence-electron chi connectivity index (χ4n) is 2.15. The van der Waals surface area contributed by atoms with Gasteiger partial charge in [-0.15, -0.1) is 0 Å². The molecule has 1 aromatic carbocycles. The average Bonchev–Trinajstić information content (AvgIpc) is 2.31. The van der Waals surface area contributed by atoms with Crippen LogP contribution in [0.1, 0.15) is 25.3 Å². The lowest BCUT2D eigenvalue weighted by atomic mass is 10.0.